The zero-order chi connectivity index (χ0) is 23.0. The van der Waals surface area contributed by atoms with E-state index in [-0.39, 0.29) is 12.4 Å². The number of carboxylic acids is 1. The van der Waals surface area contributed by atoms with Crippen molar-refractivity contribution >= 4 is 17.9 Å². The molecule has 3 aromatic rings. The fraction of sp³-hybridized carbons (Fsp3) is 0.300. The molecule has 32 heavy (non-hydrogen) atoms. The number of fused-ring (bicyclic) bond motifs is 1. The Hall–Kier alpha value is -3.83. The number of alkyl halides is 3. The molecule has 0 aliphatic carbocycles. The number of carboxylic acid groups (broad SMARTS) is 1. The largest absolute Gasteiger partial charge is 0.476 e. The van der Waals surface area contributed by atoms with Crippen LogP contribution in [-0.2, 0) is 18.4 Å². The van der Waals surface area contributed by atoms with Gasteiger partial charge in [0.2, 0.25) is 0 Å². The Morgan fingerprint density at radius 2 is 1.97 bits per heavy atom. The summed E-state index contributed by atoms with van der Waals surface area (Å²) >= 11 is 0. The van der Waals surface area contributed by atoms with Crippen LogP contribution in [0.4, 0.5) is 23.8 Å². The van der Waals surface area contributed by atoms with Crippen molar-refractivity contribution in [2.75, 3.05) is 4.90 Å². The van der Waals surface area contributed by atoms with Crippen LogP contribution in [0.2, 0.25) is 0 Å². The molecule has 2 aromatic heterocycles. The first-order valence-corrected chi connectivity index (χ1v) is 9.53. The molecule has 1 aromatic carbocycles. The van der Waals surface area contributed by atoms with E-state index in [1.165, 1.54) is 17.1 Å². The monoisotopic (exact) mass is 449 g/mol. The van der Waals surface area contributed by atoms with E-state index in [1.807, 2.05) is 0 Å². The van der Waals surface area contributed by atoms with Gasteiger partial charge in [-0.25, -0.2) is 14.3 Å². The lowest BCUT2D eigenvalue weighted by atomic mass is 9.97. The quantitative estimate of drug-likeness (QED) is 0.652. The molecule has 1 N–H and O–H groups in total. The number of carbonyl (C=O) groups excluding carboxylic acids is 1. The predicted octanol–water partition coefficient (Wildman–Crippen LogP) is 3.71. The smallest absolute Gasteiger partial charge is 0.416 e. The number of rotatable bonds is 4. The predicted molar refractivity (Wildman–Crippen MR) is 104 cm³/mol. The van der Waals surface area contributed by atoms with Crippen molar-refractivity contribution in [1.82, 2.24) is 19.6 Å². The number of hydrogen-bond donors (Lipinski definition) is 1. The lowest BCUT2D eigenvalue weighted by Gasteiger charge is -2.39. The third kappa shape index (κ3) is 4.03. The molecule has 3 heterocycles. The molecule has 0 radical (unpaired) electrons. The third-order valence-electron chi connectivity index (χ3n) is 5.12. The molecule has 9 nitrogen and oxygen atoms in total. The molecule has 1 aliphatic heterocycles. The van der Waals surface area contributed by atoms with Crippen LogP contribution in [0.15, 0.2) is 48.8 Å². The van der Waals surface area contributed by atoms with E-state index in [4.69, 9.17) is 4.74 Å². The molecule has 0 bridgehead atoms. The highest BCUT2D eigenvalue weighted by atomic mass is 19.4. The number of aryl methyl sites for hydroxylation is 1. The first-order chi connectivity index (χ1) is 15.1. The van der Waals surface area contributed by atoms with Crippen molar-refractivity contribution in [3.05, 3.63) is 65.6 Å². The van der Waals surface area contributed by atoms with E-state index in [2.05, 4.69) is 10.2 Å². The third-order valence-corrected chi connectivity index (χ3v) is 5.12. The van der Waals surface area contributed by atoms with Crippen molar-refractivity contribution in [3.8, 4) is 0 Å². The van der Waals surface area contributed by atoms with Crippen LogP contribution < -0.4 is 4.90 Å². The summed E-state index contributed by atoms with van der Waals surface area (Å²) in [7, 11) is 1.60. The highest BCUT2D eigenvalue weighted by molar-refractivity contribution is 5.91. The first kappa shape index (κ1) is 21.4. The Morgan fingerprint density at radius 1 is 1.25 bits per heavy atom. The molecule has 0 spiro atoms. The van der Waals surface area contributed by atoms with Gasteiger partial charge in [0.15, 0.2) is 11.7 Å². The van der Waals surface area contributed by atoms with Gasteiger partial charge in [0.1, 0.15) is 12.4 Å². The number of anilines is 1. The summed E-state index contributed by atoms with van der Waals surface area (Å²) in [6.45, 7) is -0.113. The molecule has 1 amide bonds. The maximum Gasteiger partial charge on any atom is 0.416 e. The second kappa shape index (κ2) is 8.02. The molecular formula is C20H18F3N5O4. The maximum absolute atomic E-state index is 13.9. The number of benzene rings is 1. The minimum absolute atomic E-state index is 0.113. The molecule has 0 unspecified atom stereocenters. The zero-order valence-corrected chi connectivity index (χ0v) is 16.7. The summed E-state index contributed by atoms with van der Waals surface area (Å²) in [5.41, 5.74) is 0.424. The van der Waals surface area contributed by atoms with Gasteiger partial charge in [-0.3, -0.25) is 9.58 Å². The molecule has 4 rings (SSSR count). The van der Waals surface area contributed by atoms with Gasteiger partial charge in [0.05, 0.1) is 12.2 Å². The van der Waals surface area contributed by atoms with Crippen molar-refractivity contribution < 1.29 is 32.6 Å². The van der Waals surface area contributed by atoms with Crippen LogP contribution >= 0.6 is 0 Å². The number of halogens is 3. The molecule has 12 heteroatoms. The second-order valence-electron chi connectivity index (χ2n) is 7.30. The molecule has 0 saturated carbocycles. The summed E-state index contributed by atoms with van der Waals surface area (Å²) in [6.07, 6.45) is -3.37. The van der Waals surface area contributed by atoms with Gasteiger partial charge in [0.25, 0.3) is 0 Å². The van der Waals surface area contributed by atoms with Crippen LogP contribution in [0.5, 0.6) is 0 Å². The van der Waals surface area contributed by atoms with E-state index in [0.717, 1.165) is 11.0 Å². The lowest BCUT2D eigenvalue weighted by molar-refractivity contribution is -0.174. The highest BCUT2D eigenvalue weighted by Gasteiger charge is 2.51. The van der Waals surface area contributed by atoms with E-state index >= 15 is 0 Å². The van der Waals surface area contributed by atoms with Gasteiger partial charge >= 0.3 is 18.2 Å². The van der Waals surface area contributed by atoms with Crippen LogP contribution in [0.25, 0.3) is 0 Å². The fourth-order valence-electron chi connectivity index (χ4n) is 3.65. The molecule has 0 saturated heterocycles. The number of aromatic nitrogens is 4. The van der Waals surface area contributed by atoms with Gasteiger partial charge in [-0.15, -0.1) is 0 Å². The average Bonchev–Trinajstić information content (AvgIpc) is 3.37. The molecule has 2 atom stereocenters. The normalized spacial score (nSPS) is 18.3. The van der Waals surface area contributed by atoms with Crippen molar-refractivity contribution in [2.45, 2.75) is 31.3 Å². The number of aromatic carboxylic acids is 1. The van der Waals surface area contributed by atoms with Crippen molar-refractivity contribution in [3.63, 3.8) is 0 Å². The van der Waals surface area contributed by atoms with Gasteiger partial charge < -0.3 is 9.84 Å². The van der Waals surface area contributed by atoms with E-state index in [9.17, 15) is 27.9 Å². The topological polar surface area (TPSA) is 102 Å². The number of hydrogen-bond acceptors (Lipinski definition) is 5. The zero-order valence-electron chi connectivity index (χ0n) is 16.7. The summed E-state index contributed by atoms with van der Waals surface area (Å²) in [4.78, 5) is 25.5. The minimum Gasteiger partial charge on any atom is -0.476 e. The minimum atomic E-state index is -4.73. The van der Waals surface area contributed by atoms with E-state index in [0.29, 0.717) is 15.8 Å². The van der Waals surface area contributed by atoms with Crippen LogP contribution in [0.3, 0.4) is 0 Å². The van der Waals surface area contributed by atoms with Crippen molar-refractivity contribution in [1.29, 1.82) is 0 Å². The molecule has 0 fully saturated rings. The second-order valence-corrected chi connectivity index (χ2v) is 7.30. The Kier molecular flexibility index (Phi) is 5.36. The average molecular weight is 449 g/mol. The molecular weight excluding hydrogens is 431 g/mol. The summed E-state index contributed by atoms with van der Waals surface area (Å²) in [6, 6.07) is 6.47. The Labute approximate surface area is 179 Å². The SMILES string of the molecule is Cn1cc([C@@H]2C[C@H](C(F)(F)F)n3nc(C(=O)O)cc3N2C(=O)OCc2ccccc2)cn1. The van der Waals surface area contributed by atoms with Gasteiger partial charge in [-0.05, 0) is 5.56 Å². The summed E-state index contributed by atoms with van der Waals surface area (Å²) in [5.74, 6) is -1.83. The first-order valence-electron chi connectivity index (χ1n) is 9.53. The summed E-state index contributed by atoms with van der Waals surface area (Å²) in [5, 5.41) is 16.9. The molecule has 1 aliphatic rings. The number of amides is 1. The Bertz CT molecular complexity index is 1140. The standard InChI is InChI=1S/C20H18F3N5O4/c1-26-10-13(9-24-26)15-8-16(20(21,22)23)28-17(7-14(25-28)18(29)30)27(15)19(31)32-11-12-5-3-2-4-6-12/h2-7,9-10,15-16H,8,11H2,1H3,(H,29,30)/t15-,16+/m0/s1. The number of carbonyl (C=O) groups is 2. The van der Waals surface area contributed by atoms with Gasteiger partial charge in [0, 0.05) is 31.3 Å². The number of nitrogens with zero attached hydrogens (tertiary/aromatic N) is 5. The Balaban J connectivity index is 1.77. The fourth-order valence-corrected chi connectivity index (χ4v) is 3.65. The number of ether oxygens (including phenoxy) is 1. The highest BCUT2D eigenvalue weighted by Crippen LogP contribution is 2.47. The van der Waals surface area contributed by atoms with Crippen molar-refractivity contribution in [2.24, 2.45) is 7.05 Å². The van der Waals surface area contributed by atoms with Gasteiger partial charge in [-0.2, -0.15) is 23.4 Å². The molecule has 168 valence electrons. The van der Waals surface area contributed by atoms with Crippen LogP contribution in [0.1, 0.15) is 40.1 Å². The van der Waals surface area contributed by atoms with E-state index in [1.54, 1.807) is 37.4 Å². The van der Waals surface area contributed by atoms with E-state index < -0.39 is 42.4 Å². The van der Waals surface area contributed by atoms with Crippen LogP contribution in [-0.4, -0.2) is 42.9 Å². The van der Waals surface area contributed by atoms with Gasteiger partial charge in [-0.1, -0.05) is 30.3 Å². The van der Waals surface area contributed by atoms with Crippen LogP contribution in [0, 0.1) is 0 Å². The Morgan fingerprint density at radius 3 is 2.56 bits per heavy atom. The lowest BCUT2D eigenvalue weighted by Crippen LogP contribution is -2.45. The maximum atomic E-state index is 13.9. The summed E-state index contributed by atoms with van der Waals surface area (Å²) < 4.78 is 48.9.